The Morgan fingerprint density at radius 3 is 2.34 bits per heavy atom. The number of carboxylic acid groups (broad SMARTS) is 1. The highest BCUT2D eigenvalue weighted by molar-refractivity contribution is 7.98. The number of carboxylic acids is 1. The maximum Gasteiger partial charge on any atom is 0.326 e. The van der Waals surface area contributed by atoms with Crippen molar-refractivity contribution in [2.45, 2.75) is 57.3 Å². The summed E-state index contributed by atoms with van der Waals surface area (Å²) in [4.78, 5) is 50.5. The zero-order valence-corrected chi connectivity index (χ0v) is 18.8. The Morgan fingerprint density at radius 1 is 1.21 bits per heavy atom. The maximum absolute atomic E-state index is 12.8. The molecule has 1 rings (SSSR count). The number of aliphatic carboxylic acids is 1. The van der Waals surface area contributed by atoms with Crippen LogP contribution in [0.25, 0.3) is 0 Å². The van der Waals surface area contributed by atoms with Gasteiger partial charge in [0.2, 0.25) is 17.7 Å². The predicted octanol–water partition coefficient (Wildman–Crippen LogP) is -0.302. The van der Waals surface area contributed by atoms with Crippen molar-refractivity contribution in [1.82, 2.24) is 15.5 Å². The summed E-state index contributed by atoms with van der Waals surface area (Å²) < 4.78 is 0. The molecule has 4 unspecified atom stereocenters. The lowest BCUT2D eigenvalue weighted by Crippen LogP contribution is -2.58. The molecule has 1 heterocycles. The third kappa shape index (κ3) is 7.38. The zero-order valence-electron chi connectivity index (χ0n) is 17.1. The van der Waals surface area contributed by atoms with Crippen LogP contribution in [-0.2, 0) is 19.2 Å². The number of thioether (sulfide) groups is 1. The molecule has 0 aromatic carbocycles. The SMILES string of the molecule is CSCCC(NC(=O)C(N)C(C)C)C(=O)NC(CS)C(=O)N1CCCC1C(=O)O. The lowest BCUT2D eigenvalue weighted by molar-refractivity contribution is -0.149. The fraction of sp³-hybridized carbons (Fsp3) is 0.778. The van der Waals surface area contributed by atoms with Crippen LogP contribution in [-0.4, -0.2) is 82.2 Å². The smallest absolute Gasteiger partial charge is 0.326 e. The largest absolute Gasteiger partial charge is 0.480 e. The first-order valence-electron chi connectivity index (χ1n) is 9.63. The molecule has 0 saturated carbocycles. The van der Waals surface area contributed by atoms with Crippen LogP contribution >= 0.6 is 24.4 Å². The standard InChI is InChI=1S/C18H32N4O5S2/c1-10(2)14(19)16(24)20-11(6-8-29-3)15(23)21-12(9-28)17(25)22-7-4-5-13(22)18(26)27/h10-14,28H,4-9,19H2,1-3H3,(H,20,24)(H,21,23)(H,26,27). The van der Waals surface area contributed by atoms with Crippen LogP contribution in [0.3, 0.4) is 0 Å². The van der Waals surface area contributed by atoms with Crippen LogP contribution in [0.4, 0.5) is 0 Å². The number of hydrogen-bond acceptors (Lipinski definition) is 7. The van der Waals surface area contributed by atoms with Gasteiger partial charge in [0.25, 0.3) is 0 Å². The van der Waals surface area contributed by atoms with Crippen LogP contribution in [0.1, 0.15) is 33.1 Å². The first-order chi connectivity index (χ1) is 13.6. The molecule has 11 heteroatoms. The Hall–Kier alpha value is -1.46. The van der Waals surface area contributed by atoms with Gasteiger partial charge in [-0.15, -0.1) is 0 Å². The lowest BCUT2D eigenvalue weighted by Gasteiger charge is -2.28. The second kappa shape index (κ2) is 12.3. The molecule has 29 heavy (non-hydrogen) atoms. The van der Waals surface area contributed by atoms with Crippen LogP contribution < -0.4 is 16.4 Å². The van der Waals surface area contributed by atoms with Gasteiger partial charge in [0.1, 0.15) is 18.1 Å². The van der Waals surface area contributed by atoms with Gasteiger partial charge in [-0.3, -0.25) is 14.4 Å². The molecule has 9 nitrogen and oxygen atoms in total. The van der Waals surface area contributed by atoms with E-state index in [1.165, 1.54) is 16.7 Å². The minimum atomic E-state index is -1.06. The van der Waals surface area contributed by atoms with Gasteiger partial charge in [0.05, 0.1) is 6.04 Å². The van der Waals surface area contributed by atoms with E-state index >= 15 is 0 Å². The van der Waals surface area contributed by atoms with E-state index in [0.717, 1.165) is 0 Å². The van der Waals surface area contributed by atoms with Crippen LogP contribution in [0.5, 0.6) is 0 Å². The Bertz CT molecular complexity index is 605. The topological polar surface area (TPSA) is 142 Å². The third-order valence-corrected chi connectivity index (χ3v) is 5.89. The summed E-state index contributed by atoms with van der Waals surface area (Å²) in [5, 5.41) is 14.6. The molecule has 0 spiro atoms. The molecule has 0 aromatic rings. The summed E-state index contributed by atoms with van der Waals surface area (Å²) in [5.41, 5.74) is 5.86. The van der Waals surface area contributed by atoms with Crippen molar-refractivity contribution in [3.8, 4) is 0 Å². The van der Waals surface area contributed by atoms with Crippen molar-refractivity contribution in [2.75, 3.05) is 24.3 Å². The average Bonchev–Trinajstić information content (AvgIpc) is 3.17. The van der Waals surface area contributed by atoms with Crippen molar-refractivity contribution in [3.63, 3.8) is 0 Å². The number of nitrogens with two attached hydrogens (primary N) is 1. The molecule has 3 amide bonds. The number of thiol groups is 1. The van der Waals surface area contributed by atoms with E-state index < -0.39 is 47.9 Å². The number of carbonyl (C=O) groups is 4. The molecule has 166 valence electrons. The van der Waals surface area contributed by atoms with E-state index in [1.807, 2.05) is 20.1 Å². The summed E-state index contributed by atoms with van der Waals surface area (Å²) in [7, 11) is 0. The van der Waals surface area contributed by atoms with Crippen molar-refractivity contribution < 1.29 is 24.3 Å². The van der Waals surface area contributed by atoms with Crippen LogP contribution in [0.15, 0.2) is 0 Å². The van der Waals surface area contributed by atoms with Crippen molar-refractivity contribution in [1.29, 1.82) is 0 Å². The number of hydrogen-bond donors (Lipinski definition) is 5. The third-order valence-electron chi connectivity index (χ3n) is 4.88. The quantitative estimate of drug-likeness (QED) is 0.273. The Labute approximate surface area is 181 Å². The molecule has 0 bridgehead atoms. The van der Waals surface area contributed by atoms with Gasteiger partial charge < -0.3 is 26.4 Å². The second-order valence-electron chi connectivity index (χ2n) is 7.38. The van der Waals surface area contributed by atoms with Gasteiger partial charge in [-0.05, 0) is 37.2 Å². The summed E-state index contributed by atoms with van der Waals surface area (Å²) in [6, 6.07) is -3.46. The van der Waals surface area contributed by atoms with E-state index in [-0.39, 0.29) is 11.7 Å². The van der Waals surface area contributed by atoms with Crippen molar-refractivity contribution >= 4 is 48.1 Å². The van der Waals surface area contributed by atoms with E-state index in [9.17, 15) is 24.3 Å². The molecular formula is C18H32N4O5S2. The number of amides is 3. The molecule has 1 fully saturated rings. The van der Waals surface area contributed by atoms with Gasteiger partial charge in [0, 0.05) is 12.3 Å². The molecular weight excluding hydrogens is 416 g/mol. The normalized spacial score (nSPS) is 19.5. The molecule has 1 saturated heterocycles. The number of nitrogens with zero attached hydrogens (tertiary/aromatic N) is 1. The fourth-order valence-corrected chi connectivity index (χ4v) is 3.74. The molecule has 1 aliphatic heterocycles. The van der Waals surface area contributed by atoms with E-state index in [4.69, 9.17) is 5.73 Å². The summed E-state index contributed by atoms with van der Waals surface area (Å²) in [6.45, 7) is 3.95. The number of likely N-dealkylation sites (tertiary alicyclic amines) is 1. The van der Waals surface area contributed by atoms with Gasteiger partial charge in [-0.1, -0.05) is 13.8 Å². The molecule has 0 aliphatic carbocycles. The minimum Gasteiger partial charge on any atom is -0.480 e. The highest BCUT2D eigenvalue weighted by Crippen LogP contribution is 2.19. The van der Waals surface area contributed by atoms with Gasteiger partial charge in [-0.25, -0.2) is 4.79 Å². The molecule has 0 aromatic heterocycles. The molecule has 0 radical (unpaired) electrons. The Morgan fingerprint density at radius 2 is 1.83 bits per heavy atom. The van der Waals surface area contributed by atoms with Gasteiger partial charge in [0.15, 0.2) is 0 Å². The number of nitrogens with one attached hydrogen (secondary N) is 2. The minimum absolute atomic E-state index is 0.0160. The summed E-state index contributed by atoms with van der Waals surface area (Å²) in [5.74, 6) is -1.93. The average molecular weight is 449 g/mol. The van der Waals surface area contributed by atoms with Gasteiger partial charge in [-0.2, -0.15) is 24.4 Å². The summed E-state index contributed by atoms with van der Waals surface area (Å²) >= 11 is 5.68. The fourth-order valence-electron chi connectivity index (χ4n) is 3.02. The molecule has 5 N–H and O–H groups in total. The van der Waals surface area contributed by atoms with Crippen molar-refractivity contribution in [2.24, 2.45) is 11.7 Å². The highest BCUT2D eigenvalue weighted by atomic mass is 32.2. The predicted molar refractivity (Wildman–Crippen MR) is 116 cm³/mol. The number of rotatable bonds is 11. The van der Waals surface area contributed by atoms with Gasteiger partial charge >= 0.3 is 5.97 Å². The van der Waals surface area contributed by atoms with E-state index in [1.54, 1.807) is 0 Å². The first kappa shape index (κ1) is 25.6. The van der Waals surface area contributed by atoms with Crippen molar-refractivity contribution in [3.05, 3.63) is 0 Å². The lowest BCUT2D eigenvalue weighted by atomic mass is 10.0. The molecule has 4 atom stereocenters. The second-order valence-corrected chi connectivity index (χ2v) is 8.73. The van der Waals surface area contributed by atoms with E-state index in [0.29, 0.717) is 31.6 Å². The maximum atomic E-state index is 12.8. The van der Waals surface area contributed by atoms with Crippen LogP contribution in [0.2, 0.25) is 0 Å². The van der Waals surface area contributed by atoms with E-state index in [2.05, 4.69) is 23.3 Å². The first-order valence-corrected chi connectivity index (χ1v) is 11.7. The Balaban J connectivity index is 2.85. The zero-order chi connectivity index (χ0) is 22.1. The monoisotopic (exact) mass is 448 g/mol. The summed E-state index contributed by atoms with van der Waals surface area (Å²) in [6.07, 6.45) is 3.23. The Kier molecular flexibility index (Phi) is 10.8. The van der Waals surface area contributed by atoms with Crippen LogP contribution in [0, 0.1) is 5.92 Å². The molecule has 1 aliphatic rings. The highest BCUT2D eigenvalue weighted by Gasteiger charge is 2.38. The number of carbonyl (C=O) groups excluding carboxylic acids is 3.